The number of nitrogens with one attached hydrogen (secondary N) is 2. The van der Waals surface area contributed by atoms with Crippen molar-refractivity contribution in [1.82, 2.24) is 9.44 Å². The molecule has 0 atom stereocenters. The van der Waals surface area contributed by atoms with Gasteiger partial charge >= 0.3 is 0 Å². The van der Waals surface area contributed by atoms with Crippen LogP contribution in [0.1, 0.15) is 6.92 Å². The van der Waals surface area contributed by atoms with Gasteiger partial charge in [0.05, 0.1) is 0 Å². The monoisotopic (exact) mass is 138 g/mol. The highest BCUT2D eigenvalue weighted by atomic mass is 32.3. The molecule has 0 aromatic rings. The third-order valence-electron chi connectivity index (χ3n) is 0.887. The Balaban J connectivity index is 3.55. The summed E-state index contributed by atoms with van der Waals surface area (Å²) in [6.45, 7) is 2.67. The topological polar surface area (TPSA) is 41.1 Å². The molecule has 0 rings (SSSR count). The second-order valence-corrected chi connectivity index (χ2v) is 4.27. The van der Waals surface area contributed by atoms with E-state index < -0.39 is 10.3 Å². The van der Waals surface area contributed by atoms with Crippen molar-refractivity contribution in [1.29, 1.82) is 0 Å². The maximum atomic E-state index is 11.0. The van der Waals surface area contributed by atoms with E-state index >= 15 is 0 Å². The van der Waals surface area contributed by atoms with Gasteiger partial charge in [-0.05, 0) is 17.4 Å². The van der Waals surface area contributed by atoms with Crippen LogP contribution in [0, 0.1) is 0 Å². The van der Waals surface area contributed by atoms with Crippen molar-refractivity contribution in [2.24, 2.45) is 0 Å². The van der Waals surface area contributed by atoms with E-state index in [4.69, 9.17) is 0 Å². The standard InChI is InChI=1S/C4H14N2OS/c1-4-6-8(3,7)5-2/h8H,4H2,1-3H3,(H2,5,6,7). The molecule has 0 saturated heterocycles. The highest BCUT2D eigenvalue weighted by Gasteiger charge is 1.97. The second-order valence-electron chi connectivity index (χ2n) is 1.66. The molecule has 0 heterocycles. The quantitative estimate of drug-likeness (QED) is 0.443. The van der Waals surface area contributed by atoms with E-state index in [1.807, 2.05) is 6.92 Å². The van der Waals surface area contributed by atoms with Crippen molar-refractivity contribution >= 4 is 10.3 Å². The summed E-state index contributed by atoms with van der Waals surface area (Å²) >= 11 is 0. The van der Waals surface area contributed by atoms with Crippen LogP contribution < -0.4 is 9.44 Å². The van der Waals surface area contributed by atoms with E-state index in [0.29, 0.717) is 0 Å². The predicted octanol–water partition coefficient (Wildman–Crippen LogP) is -0.708. The summed E-state index contributed by atoms with van der Waals surface area (Å²) in [7, 11) is -0.489. The average Bonchev–Trinajstić information content (AvgIpc) is 1.67. The second kappa shape index (κ2) is 3.17. The van der Waals surface area contributed by atoms with Gasteiger partial charge in [-0.3, -0.25) is 8.93 Å². The molecule has 8 heavy (non-hydrogen) atoms. The lowest BCUT2D eigenvalue weighted by molar-refractivity contribution is 0.657. The van der Waals surface area contributed by atoms with Crippen molar-refractivity contribution in [2.45, 2.75) is 6.92 Å². The summed E-state index contributed by atoms with van der Waals surface area (Å²) in [6, 6.07) is 0. The zero-order valence-corrected chi connectivity index (χ0v) is 6.46. The van der Waals surface area contributed by atoms with E-state index in [0.717, 1.165) is 6.54 Å². The smallest absolute Gasteiger partial charge is 0.0133 e. The number of rotatable bonds is 3. The fraction of sp³-hybridized carbons (Fsp3) is 1.00. The minimum absolute atomic E-state index is 0.745. The highest BCUT2D eigenvalue weighted by Crippen LogP contribution is 1.80. The molecule has 0 saturated carbocycles. The van der Waals surface area contributed by atoms with E-state index in [1.165, 1.54) is 0 Å². The van der Waals surface area contributed by atoms with Gasteiger partial charge in [-0.15, -0.1) is 0 Å². The van der Waals surface area contributed by atoms with Crippen LogP contribution in [0.2, 0.25) is 0 Å². The zero-order valence-electron chi connectivity index (χ0n) is 5.56. The average molecular weight is 138 g/mol. The van der Waals surface area contributed by atoms with Crippen molar-refractivity contribution in [3.63, 3.8) is 0 Å². The van der Waals surface area contributed by atoms with Gasteiger partial charge in [-0.25, -0.2) is 4.72 Å². The van der Waals surface area contributed by atoms with Gasteiger partial charge in [0.1, 0.15) is 0 Å². The summed E-state index contributed by atoms with van der Waals surface area (Å²) in [5.74, 6) is 0. The molecule has 0 aromatic heterocycles. The molecule has 2 N–H and O–H groups in total. The molecule has 0 amide bonds. The first kappa shape index (κ1) is 8.07. The van der Waals surface area contributed by atoms with Crippen LogP contribution in [0.3, 0.4) is 0 Å². The van der Waals surface area contributed by atoms with Crippen LogP contribution >= 0.6 is 0 Å². The van der Waals surface area contributed by atoms with Gasteiger partial charge in [0.2, 0.25) is 0 Å². The van der Waals surface area contributed by atoms with Crippen molar-refractivity contribution in [3.05, 3.63) is 0 Å². The lowest BCUT2D eigenvalue weighted by Gasteiger charge is -2.17. The summed E-state index contributed by atoms with van der Waals surface area (Å²) in [4.78, 5) is 0. The number of hydrogen-bond donors (Lipinski definition) is 3. The summed E-state index contributed by atoms with van der Waals surface area (Å²) in [5.41, 5.74) is 0. The lowest BCUT2D eigenvalue weighted by atomic mass is 10.8. The van der Waals surface area contributed by atoms with Gasteiger partial charge in [0.25, 0.3) is 0 Å². The summed E-state index contributed by atoms with van der Waals surface area (Å²) < 4.78 is 16.5. The lowest BCUT2D eigenvalue weighted by Crippen LogP contribution is -2.40. The maximum absolute atomic E-state index is 11.0. The normalized spacial score (nSPS) is 13.9. The third-order valence-corrected chi connectivity index (χ3v) is 2.66. The molecular formula is C4H14N2OS. The predicted molar refractivity (Wildman–Crippen MR) is 38.2 cm³/mol. The Labute approximate surface area is 51.5 Å². The fourth-order valence-corrected chi connectivity index (χ4v) is 1.14. The first-order valence-electron chi connectivity index (χ1n) is 2.64. The van der Waals surface area contributed by atoms with Crippen LogP contribution in [0.15, 0.2) is 0 Å². The molecule has 0 aliphatic carbocycles. The fourth-order valence-electron chi connectivity index (χ4n) is 0.381. The van der Waals surface area contributed by atoms with Crippen LogP contribution in [0.5, 0.6) is 0 Å². The van der Waals surface area contributed by atoms with Crippen LogP contribution in [0.25, 0.3) is 0 Å². The molecule has 0 aliphatic heterocycles. The van der Waals surface area contributed by atoms with Crippen LogP contribution in [0.4, 0.5) is 0 Å². The Bertz CT molecular complexity index is 104. The van der Waals surface area contributed by atoms with E-state index in [1.54, 1.807) is 13.3 Å². The van der Waals surface area contributed by atoms with Gasteiger partial charge in [-0.2, -0.15) is 0 Å². The van der Waals surface area contributed by atoms with E-state index in [2.05, 4.69) is 9.44 Å². The van der Waals surface area contributed by atoms with Crippen molar-refractivity contribution in [2.75, 3.05) is 19.8 Å². The Morgan fingerprint density at radius 1 is 1.62 bits per heavy atom. The molecule has 0 bridgehead atoms. The van der Waals surface area contributed by atoms with Gasteiger partial charge in [0.15, 0.2) is 0 Å². The molecule has 4 heteroatoms. The Morgan fingerprint density at radius 3 is 2.25 bits per heavy atom. The SMILES string of the molecule is CCN[SH](C)(=O)NC. The largest absolute Gasteiger partial charge is 0.257 e. The van der Waals surface area contributed by atoms with Gasteiger partial charge in [0, 0.05) is 12.8 Å². The first-order valence-corrected chi connectivity index (χ1v) is 4.79. The minimum atomic E-state index is -2.17. The van der Waals surface area contributed by atoms with Crippen LogP contribution in [-0.4, -0.2) is 24.1 Å². The van der Waals surface area contributed by atoms with Gasteiger partial charge in [-0.1, -0.05) is 6.92 Å². The van der Waals surface area contributed by atoms with E-state index in [9.17, 15) is 4.21 Å². The Kier molecular flexibility index (Phi) is 3.19. The van der Waals surface area contributed by atoms with Gasteiger partial charge < -0.3 is 0 Å². The molecule has 3 nitrogen and oxygen atoms in total. The highest BCUT2D eigenvalue weighted by molar-refractivity contribution is 7.98. The third kappa shape index (κ3) is 3.12. The molecule has 0 spiro atoms. The Hall–Kier alpha value is 0.0700. The maximum Gasteiger partial charge on any atom is 0.0133 e. The molecule has 0 fully saturated rings. The summed E-state index contributed by atoms with van der Waals surface area (Å²) in [6.07, 6.45) is 1.66. The molecule has 0 unspecified atom stereocenters. The van der Waals surface area contributed by atoms with Crippen molar-refractivity contribution in [3.8, 4) is 0 Å². The molecule has 0 aliphatic rings. The summed E-state index contributed by atoms with van der Waals surface area (Å²) in [5, 5.41) is 0. The first-order chi connectivity index (χ1) is 3.62. The minimum Gasteiger partial charge on any atom is -0.257 e. The molecule has 0 radical (unpaired) electrons. The Morgan fingerprint density at radius 2 is 2.12 bits per heavy atom. The number of thiol groups is 1. The molecule has 52 valence electrons. The zero-order chi connectivity index (χ0) is 6.62. The number of hydrogen-bond acceptors (Lipinski definition) is 1. The molecular weight excluding hydrogens is 124 g/mol. The van der Waals surface area contributed by atoms with E-state index in [-0.39, 0.29) is 0 Å². The van der Waals surface area contributed by atoms with Crippen molar-refractivity contribution < 1.29 is 4.21 Å². The molecule has 0 aromatic carbocycles. The van der Waals surface area contributed by atoms with Crippen LogP contribution in [-0.2, 0) is 10.3 Å².